The lowest BCUT2D eigenvalue weighted by Gasteiger charge is -2.34. The number of benzene rings is 2. The van der Waals surface area contributed by atoms with Crippen LogP contribution in [0.2, 0.25) is 0 Å². The van der Waals surface area contributed by atoms with Gasteiger partial charge in [0.15, 0.2) is 0 Å². The third-order valence-electron chi connectivity index (χ3n) is 9.42. The highest BCUT2D eigenvalue weighted by Crippen LogP contribution is 2.37. The summed E-state index contributed by atoms with van der Waals surface area (Å²) in [5, 5.41) is 16.7. The highest BCUT2D eigenvalue weighted by Gasteiger charge is 2.39. The first-order valence-corrected chi connectivity index (χ1v) is 15.9. The summed E-state index contributed by atoms with van der Waals surface area (Å²) in [6.07, 6.45) is 0.509. The molecule has 2 aromatic carbocycles. The third-order valence-corrected chi connectivity index (χ3v) is 9.42. The summed E-state index contributed by atoms with van der Waals surface area (Å²) in [6, 6.07) is 10.4. The molecule has 9 nitrogen and oxygen atoms in total. The number of carbonyl (C=O) groups excluding carboxylic acids is 2. The molecule has 2 aromatic rings. The third kappa shape index (κ3) is 7.90. The lowest BCUT2D eigenvalue weighted by molar-refractivity contribution is -0.274. The first-order chi connectivity index (χ1) is 21.6. The number of hydrogen-bond acceptors (Lipinski definition) is 7. The second-order valence-corrected chi connectivity index (χ2v) is 12.6. The zero-order valence-electron chi connectivity index (χ0n) is 25.1. The van der Waals surface area contributed by atoms with E-state index in [0.717, 1.165) is 12.8 Å². The van der Waals surface area contributed by atoms with E-state index in [-0.39, 0.29) is 42.8 Å². The Morgan fingerprint density at radius 3 is 2.53 bits per heavy atom. The van der Waals surface area contributed by atoms with Gasteiger partial charge >= 0.3 is 6.36 Å². The van der Waals surface area contributed by atoms with Crippen LogP contribution in [0.4, 0.5) is 13.2 Å². The Bertz CT molecular complexity index is 1350. The quantitative estimate of drug-likeness (QED) is 0.459. The molecule has 0 unspecified atom stereocenters. The molecule has 6 rings (SSSR count). The first kappa shape index (κ1) is 31.6. The molecule has 244 valence electrons. The fraction of sp³-hybridized carbons (Fsp3) is 0.576. The molecule has 3 aliphatic heterocycles. The number of nitrogens with one attached hydrogen (secondary N) is 2. The van der Waals surface area contributed by atoms with Gasteiger partial charge in [0.1, 0.15) is 17.6 Å². The number of fused-ring (bicyclic) bond motifs is 5. The second kappa shape index (κ2) is 13.6. The number of likely N-dealkylation sites (tertiary alicyclic amines) is 1. The van der Waals surface area contributed by atoms with Crippen LogP contribution in [-0.4, -0.2) is 78.3 Å². The number of amides is 2. The minimum absolute atomic E-state index is 0.135. The number of aliphatic hydroxyl groups is 1. The van der Waals surface area contributed by atoms with Crippen molar-refractivity contribution in [2.24, 2.45) is 0 Å². The number of halogens is 3. The van der Waals surface area contributed by atoms with Gasteiger partial charge < -0.3 is 30.0 Å². The van der Waals surface area contributed by atoms with Gasteiger partial charge in [0.25, 0.3) is 5.91 Å². The highest BCUT2D eigenvalue weighted by atomic mass is 19.4. The molecule has 45 heavy (non-hydrogen) atoms. The van der Waals surface area contributed by atoms with Crippen molar-refractivity contribution in [3.63, 3.8) is 0 Å². The van der Waals surface area contributed by atoms with Crippen molar-refractivity contribution in [2.45, 2.75) is 101 Å². The van der Waals surface area contributed by atoms with Gasteiger partial charge in [-0.3, -0.25) is 14.5 Å². The topological polar surface area (TPSA) is 109 Å². The number of aliphatic hydroxyl groups excluding tert-OH is 1. The van der Waals surface area contributed by atoms with Crippen molar-refractivity contribution in [3.8, 4) is 11.5 Å². The fourth-order valence-electron chi connectivity index (χ4n) is 7.07. The monoisotopic (exact) mass is 631 g/mol. The molecule has 0 radical (unpaired) electrons. The Balaban J connectivity index is 1.24. The summed E-state index contributed by atoms with van der Waals surface area (Å²) < 4.78 is 54.3. The predicted octanol–water partition coefficient (Wildman–Crippen LogP) is 4.42. The van der Waals surface area contributed by atoms with Crippen molar-refractivity contribution in [1.82, 2.24) is 15.5 Å². The zero-order valence-corrected chi connectivity index (χ0v) is 25.1. The maximum atomic E-state index is 13.7. The van der Waals surface area contributed by atoms with Crippen molar-refractivity contribution < 1.29 is 42.1 Å². The minimum Gasteiger partial charge on any atom is -0.493 e. The maximum Gasteiger partial charge on any atom is 0.573 e. The van der Waals surface area contributed by atoms with E-state index in [2.05, 4.69) is 15.4 Å². The molecule has 2 saturated heterocycles. The molecule has 3 fully saturated rings. The number of ether oxygens (including phenoxy) is 3. The van der Waals surface area contributed by atoms with E-state index in [1.807, 2.05) is 23.1 Å². The Labute approximate surface area is 260 Å². The number of rotatable bonds is 4. The SMILES string of the molecule is O=C1N[C@H]2C[C@@H](C(=O)NC[C@H]3O[C@H](CCOc4cc(C5CCCC5)ccc41)CC[C@@H]3O)N(Cc1ccc(OC(F)(F)F)cc1)C2. The largest absolute Gasteiger partial charge is 0.573 e. The number of alkyl halides is 3. The summed E-state index contributed by atoms with van der Waals surface area (Å²) in [5.41, 5.74) is 2.29. The van der Waals surface area contributed by atoms with Gasteiger partial charge in [-0.15, -0.1) is 13.2 Å². The standard InChI is InChI=1S/C33H40F3N3O6/c34-33(35,36)45-25-8-5-20(6-9-25)18-39-19-23-16-27(39)32(42)37-17-30-28(40)12-10-24(44-30)13-14-43-29-15-22(21-3-1-2-4-21)7-11-26(29)31(41)38-23/h5-9,11,15,21,23-24,27-28,30,40H,1-4,10,12-14,16-19H2,(H,37,42)(H,38,41)/t23-,24-,27-,28-,30+/m0/s1. The summed E-state index contributed by atoms with van der Waals surface area (Å²) in [6.45, 7) is 1.10. The normalized spacial score (nSPS) is 28.6. The highest BCUT2D eigenvalue weighted by molar-refractivity contribution is 5.97. The van der Waals surface area contributed by atoms with Gasteiger partial charge in [0.05, 0.1) is 30.4 Å². The zero-order chi connectivity index (χ0) is 31.6. The van der Waals surface area contributed by atoms with Gasteiger partial charge in [0, 0.05) is 32.1 Å². The van der Waals surface area contributed by atoms with Crippen molar-refractivity contribution in [2.75, 3.05) is 19.7 Å². The molecular formula is C33H40F3N3O6. The summed E-state index contributed by atoms with van der Waals surface area (Å²) >= 11 is 0. The van der Waals surface area contributed by atoms with Gasteiger partial charge in [-0.1, -0.05) is 31.0 Å². The summed E-state index contributed by atoms with van der Waals surface area (Å²) in [4.78, 5) is 29.1. The Kier molecular flexibility index (Phi) is 9.53. The van der Waals surface area contributed by atoms with Crippen LogP contribution >= 0.6 is 0 Å². The van der Waals surface area contributed by atoms with Crippen LogP contribution < -0.4 is 20.1 Å². The Hall–Kier alpha value is -3.35. The minimum atomic E-state index is -4.79. The fourth-order valence-corrected chi connectivity index (χ4v) is 7.07. The molecule has 3 N–H and O–H groups in total. The molecule has 4 aliphatic rings. The van der Waals surface area contributed by atoms with Gasteiger partial charge in [-0.2, -0.15) is 0 Å². The molecule has 2 amide bonds. The molecule has 0 spiro atoms. The average Bonchev–Trinajstić information content (AvgIpc) is 3.68. The lowest BCUT2D eigenvalue weighted by Crippen LogP contribution is -2.50. The van der Waals surface area contributed by atoms with Crippen molar-refractivity contribution in [3.05, 3.63) is 59.2 Å². The van der Waals surface area contributed by atoms with E-state index in [4.69, 9.17) is 9.47 Å². The average molecular weight is 632 g/mol. The molecular weight excluding hydrogens is 591 g/mol. The van der Waals surface area contributed by atoms with Crippen LogP contribution in [0.5, 0.6) is 11.5 Å². The summed E-state index contributed by atoms with van der Waals surface area (Å²) in [7, 11) is 0. The van der Waals surface area contributed by atoms with Crippen LogP contribution in [0.3, 0.4) is 0 Å². The summed E-state index contributed by atoms with van der Waals surface area (Å²) in [5.74, 6) is 0.0982. The molecule has 5 atom stereocenters. The Morgan fingerprint density at radius 2 is 1.78 bits per heavy atom. The van der Waals surface area contributed by atoms with E-state index in [1.165, 1.54) is 42.7 Å². The van der Waals surface area contributed by atoms with Crippen LogP contribution in [0.15, 0.2) is 42.5 Å². The molecule has 4 bridgehead atoms. The van der Waals surface area contributed by atoms with E-state index in [0.29, 0.717) is 61.6 Å². The van der Waals surface area contributed by atoms with Crippen LogP contribution in [0, 0.1) is 0 Å². The number of hydrogen-bond donors (Lipinski definition) is 3. The number of nitrogens with zero attached hydrogens (tertiary/aromatic N) is 1. The maximum absolute atomic E-state index is 13.7. The molecule has 3 heterocycles. The smallest absolute Gasteiger partial charge is 0.493 e. The lowest BCUT2D eigenvalue weighted by atomic mass is 9.95. The number of carbonyl (C=O) groups is 2. The first-order valence-electron chi connectivity index (χ1n) is 15.9. The Morgan fingerprint density at radius 1 is 1.00 bits per heavy atom. The van der Waals surface area contributed by atoms with Gasteiger partial charge in [-0.25, -0.2) is 0 Å². The molecule has 1 saturated carbocycles. The van der Waals surface area contributed by atoms with Crippen LogP contribution in [-0.2, 0) is 16.1 Å². The van der Waals surface area contributed by atoms with Gasteiger partial charge in [0.2, 0.25) is 5.91 Å². The van der Waals surface area contributed by atoms with E-state index in [1.54, 1.807) is 0 Å². The van der Waals surface area contributed by atoms with Crippen molar-refractivity contribution in [1.29, 1.82) is 0 Å². The molecule has 0 aromatic heterocycles. The van der Waals surface area contributed by atoms with Gasteiger partial charge in [-0.05, 0) is 73.4 Å². The molecule has 12 heteroatoms. The van der Waals surface area contributed by atoms with Crippen molar-refractivity contribution >= 4 is 11.8 Å². The second-order valence-electron chi connectivity index (χ2n) is 12.6. The van der Waals surface area contributed by atoms with E-state index < -0.39 is 24.6 Å². The predicted molar refractivity (Wildman–Crippen MR) is 158 cm³/mol. The van der Waals surface area contributed by atoms with Crippen LogP contribution in [0.1, 0.15) is 78.8 Å². The van der Waals surface area contributed by atoms with Crippen LogP contribution in [0.25, 0.3) is 0 Å². The molecule has 1 aliphatic carbocycles. The van der Waals surface area contributed by atoms with E-state index in [9.17, 15) is 27.9 Å². The van der Waals surface area contributed by atoms with E-state index >= 15 is 0 Å².